The van der Waals surface area contributed by atoms with Crippen LogP contribution in [-0.4, -0.2) is 20.2 Å². The number of hydrogen-bond donors (Lipinski definition) is 3. The lowest BCUT2D eigenvalue weighted by Gasteiger charge is -1.99. The zero-order chi connectivity index (χ0) is 13.6. The quantitative estimate of drug-likeness (QED) is 0.640. The number of phenolic OH excluding ortho intramolecular Hbond substituents is 2. The molecule has 0 fully saturated rings. The number of rotatable bonds is 1. The van der Waals surface area contributed by atoms with Gasteiger partial charge in [0.05, 0.1) is 11.0 Å². The number of benzene rings is 2. The first-order chi connectivity index (χ1) is 9.02. The third kappa shape index (κ3) is 2.17. The van der Waals surface area contributed by atoms with Gasteiger partial charge in [0.15, 0.2) is 0 Å². The van der Waals surface area contributed by atoms with Crippen LogP contribution < -0.4 is 0 Å². The highest BCUT2D eigenvalue weighted by Crippen LogP contribution is 2.30. The summed E-state index contributed by atoms with van der Waals surface area (Å²) >= 11 is 3.44. The molecule has 5 heteroatoms. The highest BCUT2D eigenvalue weighted by atomic mass is 79.9. The summed E-state index contributed by atoms with van der Waals surface area (Å²) in [5, 5.41) is 19.0. The zero-order valence-electron chi connectivity index (χ0n) is 10.1. The Kier molecular flexibility index (Phi) is 2.71. The van der Waals surface area contributed by atoms with Gasteiger partial charge in [-0.1, -0.05) is 15.9 Å². The van der Waals surface area contributed by atoms with Crippen LogP contribution >= 0.6 is 15.9 Å². The Balaban J connectivity index is 2.23. The predicted molar refractivity (Wildman–Crippen MR) is 77.3 cm³/mol. The number of nitrogens with zero attached hydrogens (tertiary/aromatic N) is 1. The van der Waals surface area contributed by atoms with Crippen molar-refractivity contribution in [3.8, 4) is 22.9 Å². The molecule has 0 amide bonds. The number of halogens is 1. The van der Waals surface area contributed by atoms with Crippen LogP contribution in [0.15, 0.2) is 34.8 Å². The van der Waals surface area contributed by atoms with E-state index < -0.39 is 0 Å². The third-order valence-electron chi connectivity index (χ3n) is 2.92. The SMILES string of the molecule is Cc1cc(Br)cc2[nH]c(-c3cc(O)cc(O)c3)nc12. The minimum absolute atomic E-state index is 0.00774. The molecule has 96 valence electrons. The summed E-state index contributed by atoms with van der Waals surface area (Å²) in [7, 11) is 0. The number of aryl methyl sites for hydroxylation is 1. The van der Waals surface area contributed by atoms with Crippen molar-refractivity contribution in [2.24, 2.45) is 0 Å². The molecule has 0 aliphatic carbocycles. The highest BCUT2D eigenvalue weighted by Gasteiger charge is 2.10. The molecule has 0 unspecified atom stereocenters. The number of aromatic amines is 1. The molecule has 0 bridgehead atoms. The summed E-state index contributed by atoms with van der Waals surface area (Å²) in [4.78, 5) is 7.69. The molecule has 2 aromatic carbocycles. The van der Waals surface area contributed by atoms with E-state index in [1.54, 1.807) is 12.1 Å². The fourth-order valence-corrected chi connectivity index (χ4v) is 2.69. The highest BCUT2D eigenvalue weighted by molar-refractivity contribution is 9.10. The number of imidazole rings is 1. The van der Waals surface area contributed by atoms with E-state index in [1.165, 1.54) is 6.07 Å². The molecule has 3 N–H and O–H groups in total. The van der Waals surface area contributed by atoms with Gasteiger partial charge in [0.2, 0.25) is 0 Å². The first-order valence-corrected chi connectivity index (χ1v) is 6.51. The standard InChI is InChI=1S/C14H11BrN2O2/c1-7-2-9(15)5-12-13(7)17-14(16-12)8-3-10(18)6-11(19)4-8/h2-6,18-19H,1H3,(H,16,17). The van der Waals surface area contributed by atoms with Crippen LogP contribution in [0.4, 0.5) is 0 Å². The number of phenols is 2. The van der Waals surface area contributed by atoms with Crippen molar-refractivity contribution < 1.29 is 10.2 Å². The molecule has 0 saturated heterocycles. The molecule has 0 radical (unpaired) electrons. The van der Waals surface area contributed by atoms with Crippen LogP contribution in [0.2, 0.25) is 0 Å². The molecule has 3 aromatic rings. The Labute approximate surface area is 117 Å². The van der Waals surface area contributed by atoms with Gasteiger partial charge in [0.1, 0.15) is 17.3 Å². The first kappa shape index (κ1) is 12.0. The van der Waals surface area contributed by atoms with Crippen molar-refractivity contribution in [3.05, 3.63) is 40.4 Å². The molecule has 1 aromatic heterocycles. The second kappa shape index (κ2) is 4.28. The molecular weight excluding hydrogens is 308 g/mol. The van der Waals surface area contributed by atoms with Gasteiger partial charge in [-0.15, -0.1) is 0 Å². The summed E-state index contributed by atoms with van der Waals surface area (Å²) < 4.78 is 0.978. The van der Waals surface area contributed by atoms with E-state index in [9.17, 15) is 10.2 Å². The lowest BCUT2D eigenvalue weighted by Crippen LogP contribution is -1.80. The lowest BCUT2D eigenvalue weighted by atomic mass is 10.2. The first-order valence-electron chi connectivity index (χ1n) is 5.72. The Hall–Kier alpha value is -2.01. The number of H-pyrrole nitrogens is 1. The average Bonchev–Trinajstić information content (AvgIpc) is 2.71. The molecular formula is C14H11BrN2O2. The fourth-order valence-electron chi connectivity index (χ4n) is 2.12. The summed E-state index contributed by atoms with van der Waals surface area (Å²) in [5.41, 5.74) is 3.48. The van der Waals surface area contributed by atoms with Gasteiger partial charge in [0, 0.05) is 16.1 Å². The van der Waals surface area contributed by atoms with Crippen LogP contribution in [-0.2, 0) is 0 Å². The second-order valence-electron chi connectivity index (χ2n) is 4.44. The van der Waals surface area contributed by atoms with E-state index >= 15 is 0 Å². The average molecular weight is 319 g/mol. The maximum Gasteiger partial charge on any atom is 0.138 e. The molecule has 0 saturated carbocycles. The monoisotopic (exact) mass is 318 g/mol. The van der Waals surface area contributed by atoms with Crippen LogP contribution in [0, 0.1) is 6.92 Å². The van der Waals surface area contributed by atoms with Gasteiger partial charge >= 0.3 is 0 Å². The molecule has 19 heavy (non-hydrogen) atoms. The third-order valence-corrected chi connectivity index (χ3v) is 3.38. The van der Waals surface area contributed by atoms with Gasteiger partial charge in [-0.2, -0.15) is 0 Å². The zero-order valence-corrected chi connectivity index (χ0v) is 11.7. The van der Waals surface area contributed by atoms with E-state index in [2.05, 4.69) is 25.9 Å². The molecule has 3 rings (SSSR count). The number of aromatic nitrogens is 2. The number of aromatic hydroxyl groups is 2. The minimum Gasteiger partial charge on any atom is -0.508 e. The largest absolute Gasteiger partial charge is 0.508 e. The smallest absolute Gasteiger partial charge is 0.138 e. The summed E-state index contributed by atoms with van der Waals surface area (Å²) in [6.45, 7) is 1.98. The van der Waals surface area contributed by atoms with Crippen molar-refractivity contribution in [1.82, 2.24) is 9.97 Å². The molecule has 0 atom stereocenters. The van der Waals surface area contributed by atoms with Crippen molar-refractivity contribution in [2.75, 3.05) is 0 Å². The van der Waals surface area contributed by atoms with E-state index in [0.29, 0.717) is 11.4 Å². The molecule has 0 aliphatic rings. The normalized spacial score (nSPS) is 11.1. The minimum atomic E-state index is 0.00774. The molecule has 1 heterocycles. The summed E-state index contributed by atoms with van der Waals surface area (Å²) in [6, 6.07) is 8.34. The van der Waals surface area contributed by atoms with Gasteiger partial charge in [0.25, 0.3) is 0 Å². The van der Waals surface area contributed by atoms with Crippen LogP contribution in [0.5, 0.6) is 11.5 Å². The number of fused-ring (bicyclic) bond motifs is 1. The Bertz CT molecular complexity index is 760. The van der Waals surface area contributed by atoms with Gasteiger partial charge in [-0.05, 0) is 36.8 Å². The van der Waals surface area contributed by atoms with Crippen LogP contribution in [0.25, 0.3) is 22.4 Å². The van der Waals surface area contributed by atoms with E-state index in [1.807, 2.05) is 19.1 Å². The van der Waals surface area contributed by atoms with Crippen molar-refractivity contribution in [1.29, 1.82) is 0 Å². The predicted octanol–water partition coefficient (Wildman–Crippen LogP) is 3.71. The topological polar surface area (TPSA) is 69.1 Å². The second-order valence-corrected chi connectivity index (χ2v) is 5.36. The van der Waals surface area contributed by atoms with Gasteiger partial charge in [-0.25, -0.2) is 4.98 Å². The maximum atomic E-state index is 9.52. The maximum absolute atomic E-state index is 9.52. The Morgan fingerprint density at radius 1 is 1.05 bits per heavy atom. The van der Waals surface area contributed by atoms with Crippen LogP contribution in [0.3, 0.4) is 0 Å². The van der Waals surface area contributed by atoms with E-state index in [0.717, 1.165) is 21.1 Å². The van der Waals surface area contributed by atoms with Gasteiger partial charge < -0.3 is 15.2 Å². The summed E-state index contributed by atoms with van der Waals surface area (Å²) in [6.07, 6.45) is 0. The van der Waals surface area contributed by atoms with Crippen LogP contribution in [0.1, 0.15) is 5.56 Å². The van der Waals surface area contributed by atoms with Gasteiger partial charge in [-0.3, -0.25) is 0 Å². The van der Waals surface area contributed by atoms with Crippen molar-refractivity contribution in [2.45, 2.75) is 6.92 Å². The molecule has 0 spiro atoms. The lowest BCUT2D eigenvalue weighted by molar-refractivity contribution is 0.451. The summed E-state index contributed by atoms with van der Waals surface area (Å²) in [5.74, 6) is 0.629. The van der Waals surface area contributed by atoms with Crippen molar-refractivity contribution >= 4 is 27.0 Å². The Morgan fingerprint density at radius 2 is 1.74 bits per heavy atom. The molecule has 4 nitrogen and oxygen atoms in total. The Morgan fingerprint density at radius 3 is 2.42 bits per heavy atom. The van der Waals surface area contributed by atoms with E-state index in [4.69, 9.17) is 0 Å². The number of nitrogens with one attached hydrogen (secondary N) is 1. The molecule has 0 aliphatic heterocycles. The van der Waals surface area contributed by atoms with E-state index in [-0.39, 0.29) is 11.5 Å². The fraction of sp³-hybridized carbons (Fsp3) is 0.0714. The van der Waals surface area contributed by atoms with Crippen molar-refractivity contribution in [3.63, 3.8) is 0 Å². The number of hydrogen-bond acceptors (Lipinski definition) is 3.